The van der Waals surface area contributed by atoms with Crippen LogP contribution in [0.3, 0.4) is 0 Å². The van der Waals surface area contributed by atoms with E-state index in [1.165, 1.54) is 0 Å². The van der Waals surface area contributed by atoms with Crippen LogP contribution in [0, 0.1) is 0 Å². The summed E-state index contributed by atoms with van der Waals surface area (Å²) < 4.78 is 5.75. The highest BCUT2D eigenvalue weighted by molar-refractivity contribution is 5.92. The highest BCUT2D eigenvalue weighted by Gasteiger charge is 2.12. The van der Waals surface area contributed by atoms with Crippen LogP contribution in [0.2, 0.25) is 0 Å². The minimum atomic E-state index is 0.505. The Kier molecular flexibility index (Phi) is 2.08. The van der Waals surface area contributed by atoms with E-state index in [-0.39, 0.29) is 0 Å². The predicted octanol–water partition coefficient (Wildman–Crippen LogP) is 3.44. The Morgan fingerprint density at radius 3 is 2.68 bits per heavy atom. The summed E-state index contributed by atoms with van der Waals surface area (Å²) >= 11 is 0. The number of rotatable bonds is 1. The average Bonchev–Trinajstić information content (AvgIpc) is 2.90. The molecule has 0 fully saturated rings. The Hall–Kier alpha value is -2.75. The van der Waals surface area contributed by atoms with Crippen molar-refractivity contribution in [3.05, 3.63) is 54.7 Å². The SMILES string of the molecule is c1ccc2c(-c3nc4ccccc4o3)nncc2c1. The first-order valence-electron chi connectivity index (χ1n) is 5.98. The van der Waals surface area contributed by atoms with Crippen LogP contribution in [0.15, 0.2) is 59.1 Å². The predicted molar refractivity (Wildman–Crippen MR) is 72.5 cm³/mol. The Bertz CT molecular complexity index is 844. The van der Waals surface area contributed by atoms with Crippen LogP contribution >= 0.6 is 0 Å². The van der Waals surface area contributed by atoms with Crippen molar-refractivity contribution >= 4 is 21.9 Å². The van der Waals surface area contributed by atoms with E-state index >= 15 is 0 Å². The molecule has 2 aromatic heterocycles. The number of aromatic nitrogens is 3. The number of benzene rings is 2. The maximum atomic E-state index is 5.75. The van der Waals surface area contributed by atoms with Gasteiger partial charge in [-0.2, -0.15) is 5.10 Å². The lowest BCUT2D eigenvalue weighted by molar-refractivity contribution is 0.616. The van der Waals surface area contributed by atoms with Gasteiger partial charge in [0.05, 0.1) is 6.20 Å². The molecule has 4 aromatic rings. The zero-order valence-corrected chi connectivity index (χ0v) is 9.95. The van der Waals surface area contributed by atoms with E-state index in [9.17, 15) is 0 Å². The number of fused-ring (bicyclic) bond motifs is 2. The third-order valence-corrected chi connectivity index (χ3v) is 3.07. The van der Waals surface area contributed by atoms with Crippen molar-refractivity contribution in [2.24, 2.45) is 0 Å². The fourth-order valence-electron chi connectivity index (χ4n) is 2.16. The van der Waals surface area contributed by atoms with Crippen LogP contribution in [0.4, 0.5) is 0 Å². The molecule has 4 heteroatoms. The second-order valence-corrected chi connectivity index (χ2v) is 4.27. The third kappa shape index (κ3) is 1.57. The van der Waals surface area contributed by atoms with Crippen LogP contribution in [0.1, 0.15) is 0 Å². The molecule has 90 valence electrons. The summed E-state index contributed by atoms with van der Waals surface area (Å²) in [5.74, 6) is 0.505. The fourth-order valence-corrected chi connectivity index (χ4v) is 2.16. The molecule has 0 aliphatic heterocycles. The quantitative estimate of drug-likeness (QED) is 0.517. The van der Waals surface area contributed by atoms with Crippen molar-refractivity contribution in [3.8, 4) is 11.6 Å². The van der Waals surface area contributed by atoms with Crippen molar-refractivity contribution in [3.63, 3.8) is 0 Å². The van der Waals surface area contributed by atoms with Crippen molar-refractivity contribution in [1.29, 1.82) is 0 Å². The standard InChI is InChI=1S/C15H9N3O/c1-2-6-11-10(5-1)9-16-18-14(11)15-17-12-7-3-4-8-13(12)19-15/h1-9H. The number of para-hydroxylation sites is 2. The van der Waals surface area contributed by atoms with Crippen molar-refractivity contribution in [2.75, 3.05) is 0 Å². The van der Waals surface area contributed by atoms with Crippen LogP contribution in [0.25, 0.3) is 33.5 Å². The Morgan fingerprint density at radius 2 is 1.74 bits per heavy atom. The summed E-state index contributed by atoms with van der Waals surface area (Å²) in [6, 6.07) is 15.6. The number of oxazole rings is 1. The van der Waals surface area contributed by atoms with Crippen LogP contribution in [-0.4, -0.2) is 15.2 Å². The van der Waals surface area contributed by atoms with Gasteiger partial charge in [0.2, 0.25) is 5.89 Å². The van der Waals surface area contributed by atoms with E-state index in [1.807, 2.05) is 48.5 Å². The Labute approximate surface area is 108 Å². The summed E-state index contributed by atoms with van der Waals surface area (Å²) in [6.07, 6.45) is 1.74. The third-order valence-electron chi connectivity index (χ3n) is 3.07. The van der Waals surface area contributed by atoms with Gasteiger partial charge in [-0.05, 0) is 12.1 Å². The molecule has 0 unspecified atom stereocenters. The topological polar surface area (TPSA) is 51.8 Å². The molecule has 2 heterocycles. The monoisotopic (exact) mass is 247 g/mol. The number of nitrogens with zero attached hydrogens (tertiary/aromatic N) is 3. The Morgan fingerprint density at radius 1 is 0.895 bits per heavy atom. The van der Waals surface area contributed by atoms with Gasteiger partial charge in [-0.25, -0.2) is 4.98 Å². The minimum absolute atomic E-state index is 0.505. The first-order chi connectivity index (χ1) is 9.42. The molecule has 0 saturated carbocycles. The highest BCUT2D eigenvalue weighted by atomic mass is 16.3. The summed E-state index contributed by atoms with van der Waals surface area (Å²) in [5.41, 5.74) is 2.26. The van der Waals surface area contributed by atoms with Gasteiger partial charge in [-0.1, -0.05) is 36.4 Å². The van der Waals surface area contributed by atoms with E-state index in [0.29, 0.717) is 11.6 Å². The molecule has 0 radical (unpaired) electrons. The molecule has 0 bridgehead atoms. The molecular weight excluding hydrogens is 238 g/mol. The molecule has 2 aromatic carbocycles. The fraction of sp³-hybridized carbons (Fsp3) is 0. The van der Waals surface area contributed by atoms with Crippen LogP contribution in [0.5, 0.6) is 0 Å². The summed E-state index contributed by atoms with van der Waals surface area (Å²) in [4.78, 5) is 4.46. The first kappa shape index (κ1) is 10.2. The van der Waals surface area contributed by atoms with Gasteiger partial charge in [0, 0.05) is 10.8 Å². The van der Waals surface area contributed by atoms with Crippen molar-refractivity contribution in [2.45, 2.75) is 0 Å². The molecule has 0 N–H and O–H groups in total. The minimum Gasteiger partial charge on any atom is -0.435 e. The maximum Gasteiger partial charge on any atom is 0.248 e. The molecule has 0 aliphatic rings. The molecular formula is C15H9N3O. The summed E-state index contributed by atoms with van der Waals surface area (Å²) in [5, 5.41) is 10.2. The van der Waals surface area contributed by atoms with Gasteiger partial charge in [0.15, 0.2) is 11.3 Å². The molecule has 0 saturated heterocycles. The highest BCUT2D eigenvalue weighted by Crippen LogP contribution is 2.27. The van der Waals surface area contributed by atoms with E-state index < -0.39 is 0 Å². The van der Waals surface area contributed by atoms with Gasteiger partial charge in [-0.3, -0.25) is 0 Å². The molecule has 4 rings (SSSR count). The van der Waals surface area contributed by atoms with Gasteiger partial charge in [0.1, 0.15) is 5.52 Å². The van der Waals surface area contributed by atoms with Gasteiger partial charge >= 0.3 is 0 Å². The van der Waals surface area contributed by atoms with E-state index in [4.69, 9.17) is 4.42 Å². The summed E-state index contributed by atoms with van der Waals surface area (Å²) in [6.45, 7) is 0. The van der Waals surface area contributed by atoms with Gasteiger partial charge in [0.25, 0.3) is 0 Å². The second kappa shape index (κ2) is 3.88. The number of hydrogen-bond donors (Lipinski definition) is 0. The van der Waals surface area contributed by atoms with Crippen LogP contribution in [-0.2, 0) is 0 Å². The lowest BCUT2D eigenvalue weighted by atomic mass is 10.1. The van der Waals surface area contributed by atoms with Crippen molar-refractivity contribution < 1.29 is 4.42 Å². The van der Waals surface area contributed by atoms with Gasteiger partial charge < -0.3 is 4.42 Å². The number of hydrogen-bond acceptors (Lipinski definition) is 4. The Balaban J connectivity index is 2.03. The average molecular weight is 247 g/mol. The van der Waals surface area contributed by atoms with Crippen molar-refractivity contribution in [1.82, 2.24) is 15.2 Å². The molecule has 4 nitrogen and oxygen atoms in total. The zero-order valence-electron chi connectivity index (χ0n) is 9.95. The maximum absolute atomic E-state index is 5.75. The van der Waals surface area contributed by atoms with E-state index in [2.05, 4.69) is 15.2 Å². The molecule has 0 aliphatic carbocycles. The first-order valence-corrected chi connectivity index (χ1v) is 5.98. The lowest BCUT2D eigenvalue weighted by Gasteiger charge is -1.99. The molecule has 0 amide bonds. The van der Waals surface area contributed by atoms with E-state index in [0.717, 1.165) is 21.9 Å². The second-order valence-electron chi connectivity index (χ2n) is 4.27. The molecule has 0 spiro atoms. The molecule has 19 heavy (non-hydrogen) atoms. The lowest BCUT2D eigenvalue weighted by Crippen LogP contribution is -1.89. The zero-order chi connectivity index (χ0) is 12.7. The van der Waals surface area contributed by atoms with Crippen LogP contribution < -0.4 is 0 Å². The van der Waals surface area contributed by atoms with Gasteiger partial charge in [-0.15, -0.1) is 5.10 Å². The summed E-state index contributed by atoms with van der Waals surface area (Å²) in [7, 11) is 0. The normalized spacial score (nSPS) is 11.2. The molecule has 0 atom stereocenters. The largest absolute Gasteiger partial charge is 0.435 e. The smallest absolute Gasteiger partial charge is 0.248 e. The van der Waals surface area contributed by atoms with E-state index in [1.54, 1.807) is 6.20 Å².